The molecule has 60 heavy (non-hydrogen) atoms. The Balaban J connectivity index is 1.03. The van der Waals surface area contributed by atoms with Crippen LogP contribution in [0, 0.1) is 56.7 Å². The van der Waals surface area contributed by atoms with E-state index < -0.39 is 72.2 Å². The van der Waals surface area contributed by atoms with Crippen LogP contribution < -0.4 is 5.32 Å². The first-order chi connectivity index (χ1) is 28.4. The minimum Gasteiger partial charge on any atom is -0.396 e. The average Bonchev–Trinajstić information content (AvgIpc) is 3.64. The Bertz CT molecular complexity index is 1730. The van der Waals surface area contributed by atoms with Crippen molar-refractivity contribution in [1.29, 1.82) is 0 Å². The largest absolute Gasteiger partial charge is 0.396 e. The molecule has 12 heteroatoms. The lowest BCUT2D eigenvalue weighted by atomic mass is 9.32. The monoisotopic (exact) mass is 840 g/mol. The maximum Gasteiger partial charge on any atom is 0.226 e. The van der Waals surface area contributed by atoms with Gasteiger partial charge in [-0.25, -0.2) is 0 Å². The standard InChI is InChI=1S/C48H73NO11/c1-26(2)29-15-20-48(43(56)49-23-28-11-9-8-10-12-28)22-21-46(6)30(35(29)48)13-14-33-44(4)18-17-34(45(5,25-50)32(44)16-19-47(33,46)7)59-42-40(37(53)31(51)24-57-42)60-41-39(55)38(54)36(52)27(3)58-41/h8-12,27,29-42,50-55H,1,13-25H2,2-7H3,(H,49,56)/t27-,29-,30?,31-,32+,33+,34-,35+,36-,37-,38+,39+,40+,41-,42-,44-,45?,46+,47+,48-/m0/s1. The van der Waals surface area contributed by atoms with Gasteiger partial charge >= 0.3 is 0 Å². The quantitative estimate of drug-likeness (QED) is 0.136. The number of carbonyl (C=O) groups is 1. The number of amides is 1. The molecular weight excluding hydrogens is 767 g/mol. The van der Waals surface area contributed by atoms with Crippen LogP contribution in [0.5, 0.6) is 0 Å². The zero-order chi connectivity index (χ0) is 43.2. The Labute approximate surface area is 356 Å². The Hall–Kier alpha value is -1.97. The molecule has 0 bridgehead atoms. The highest BCUT2D eigenvalue weighted by Gasteiger charge is 2.72. The van der Waals surface area contributed by atoms with Crippen LogP contribution in [0.2, 0.25) is 0 Å². The summed E-state index contributed by atoms with van der Waals surface area (Å²) in [6, 6.07) is 10.2. The molecule has 2 saturated heterocycles. The fourth-order valence-electron chi connectivity index (χ4n) is 15.2. The number of rotatable bonds is 9. The smallest absolute Gasteiger partial charge is 0.226 e. The molecule has 7 fully saturated rings. The third kappa shape index (κ3) is 6.79. The van der Waals surface area contributed by atoms with E-state index in [-0.39, 0.29) is 47.2 Å². The molecule has 5 aliphatic carbocycles. The Morgan fingerprint density at radius 2 is 1.55 bits per heavy atom. The number of allylic oxidation sites excluding steroid dienone is 1. The van der Waals surface area contributed by atoms with Crippen molar-refractivity contribution in [3.8, 4) is 0 Å². The molecular formula is C48H73NO11. The van der Waals surface area contributed by atoms with Crippen LogP contribution in [0.1, 0.15) is 111 Å². The second kappa shape index (κ2) is 16.2. The molecule has 0 aromatic heterocycles. The summed E-state index contributed by atoms with van der Waals surface area (Å²) in [4.78, 5) is 14.6. The van der Waals surface area contributed by atoms with Gasteiger partial charge in [0.1, 0.15) is 36.6 Å². The van der Waals surface area contributed by atoms with Gasteiger partial charge in [-0.1, -0.05) is 70.2 Å². The van der Waals surface area contributed by atoms with Gasteiger partial charge in [0.2, 0.25) is 5.91 Å². The predicted molar refractivity (Wildman–Crippen MR) is 223 cm³/mol. The van der Waals surface area contributed by atoms with Crippen LogP contribution in [0.3, 0.4) is 0 Å². The lowest BCUT2D eigenvalue weighted by Gasteiger charge is -2.73. The maximum atomic E-state index is 14.6. The number of carbonyl (C=O) groups excluding carboxylic acids is 1. The Morgan fingerprint density at radius 3 is 2.25 bits per heavy atom. The molecule has 1 amide bonds. The number of benzene rings is 1. The van der Waals surface area contributed by atoms with E-state index in [4.69, 9.17) is 18.9 Å². The van der Waals surface area contributed by atoms with Gasteiger partial charge in [-0.05, 0) is 129 Å². The molecule has 7 N–H and O–H groups in total. The molecule has 12 nitrogen and oxygen atoms in total. The van der Waals surface area contributed by atoms with E-state index in [1.807, 2.05) is 18.2 Å². The molecule has 7 aliphatic rings. The third-order valence-corrected chi connectivity index (χ3v) is 18.7. The van der Waals surface area contributed by atoms with Crippen LogP contribution in [0.4, 0.5) is 0 Å². The van der Waals surface area contributed by atoms with Crippen molar-refractivity contribution in [3.63, 3.8) is 0 Å². The van der Waals surface area contributed by atoms with Crippen LogP contribution in [-0.4, -0.2) is 111 Å². The SMILES string of the molecule is C=C(C)[C@@H]1CC[C@]2(C(=O)NCc3ccccc3)CC[C@]3(C)C(CC[C@@H]4[C@@]5(C)CC[C@H](O[C@@H]6OC[C@H](O)[C@H](O)[C@H]6O[C@@H]6O[C@@H](C)[C@H](O)[C@@H](O)[C@H]6O)C(C)(CO)[C@@H]5CC[C@]43C)[C@@H]12. The molecule has 2 aliphatic heterocycles. The molecule has 8 rings (SSSR count). The summed E-state index contributed by atoms with van der Waals surface area (Å²) in [7, 11) is 0. The van der Waals surface area contributed by atoms with E-state index in [9.17, 15) is 35.4 Å². The molecule has 20 atom stereocenters. The summed E-state index contributed by atoms with van der Waals surface area (Å²) in [5.74, 6) is 1.69. The zero-order valence-corrected chi connectivity index (χ0v) is 36.7. The fraction of sp³-hybridized carbons (Fsp3) is 0.812. The van der Waals surface area contributed by atoms with E-state index in [2.05, 4.69) is 58.6 Å². The summed E-state index contributed by atoms with van der Waals surface area (Å²) in [6.45, 7) is 18.1. The summed E-state index contributed by atoms with van der Waals surface area (Å²) in [6.07, 6.45) is -3.10. The summed E-state index contributed by atoms with van der Waals surface area (Å²) >= 11 is 0. The molecule has 0 radical (unpaired) electrons. The van der Waals surface area contributed by atoms with Crippen LogP contribution in [-0.2, 0) is 30.3 Å². The van der Waals surface area contributed by atoms with Crippen LogP contribution in [0.15, 0.2) is 42.5 Å². The highest BCUT2D eigenvalue weighted by Crippen LogP contribution is 2.77. The van der Waals surface area contributed by atoms with E-state index in [1.54, 1.807) is 6.92 Å². The van der Waals surface area contributed by atoms with Gasteiger partial charge in [-0.3, -0.25) is 4.79 Å². The molecule has 1 aromatic carbocycles. The van der Waals surface area contributed by atoms with Crippen molar-refractivity contribution >= 4 is 5.91 Å². The first-order valence-corrected chi connectivity index (χ1v) is 22.9. The zero-order valence-electron chi connectivity index (χ0n) is 36.7. The highest BCUT2D eigenvalue weighted by molar-refractivity contribution is 5.84. The number of hydrogen-bond donors (Lipinski definition) is 7. The van der Waals surface area contributed by atoms with Gasteiger partial charge in [-0.15, -0.1) is 0 Å². The van der Waals surface area contributed by atoms with Gasteiger partial charge in [0.05, 0.1) is 30.8 Å². The van der Waals surface area contributed by atoms with E-state index >= 15 is 0 Å². The second-order valence-electron chi connectivity index (χ2n) is 21.4. The van der Waals surface area contributed by atoms with Crippen molar-refractivity contribution in [2.45, 2.75) is 174 Å². The first kappa shape index (κ1) is 44.6. The maximum absolute atomic E-state index is 14.6. The summed E-state index contributed by atoms with van der Waals surface area (Å²) in [5, 5.41) is 68.1. The normalized spacial score (nSPS) is 51.4. The van der Waals surface area contributed by atoms with Crippen molar-refractivity contribution in [3.05, 3.63) is 48.0 Å². The Morgan fingerprint density at radius 1 is 0.817 bits per heavy atom. The summed E-state index contributed by atoms with van der Waals surface area (Å²) in [5.41, 5.74) is 1.17. The highest BCUT2D eigenvalue weighted by atomic mass is 16.8. The molecule has 0 spiro atoms. The number of ether oxygens (including phenoxy) is 4. The molecule has 5 saturated carbocycles. The topological polar surface area (TPSA) is 187 Å². The molecule has 1 aromatic rings. The molecule has 336 valence electrons. The van der Waals surface area contributed by atoms with Gasteiger partial charge in [0.25, 0.3) is 0 Å². The van der Waals surface area contributed by atoms with E-state index in [0.29, 0.717) is 30.7 Å². The third-order valence-electron chi connectivity index (χ3n) is 18.7. The summed E-state index contributed by atoms with van der Waals surface area (Å²) < 4.78 is 24.5. The number of nitrogens with one attached hydrogen (secondary N) is 1. The lowest BCUT2D eigenvalue weighted by molar-refractivity contribution is -0.366. The minimum atomic E-state index is -1.62. The van der Waals surface area contributed by atoms with Crippen molar-refractivity contribution < 1.29 is 54.4 Å². The number of fused-ring (bicyclic) bond motifs is 7. The van der Waals surface area contributed by atoms with E-state index in [0.717, 1.165) is 63.4 Å². The first-order valence-electron chi connectivity index (χ1n) is 22.9. The Kier molecular flexibility index (Phi) is 12.1. The van der Waals surface area contributed by atoms with Crippen molar-refractivity contribution in [1.82, 2.24) is 5.32 Å². The van der Waals surface area contributed by atoms with Crippen molar-refractivity contribution in [2.75, 3.05) is 13.2 Å². The van der Waals surface area contributed by atoms with Gasteiger partial charge < -0.3 is 54.9 Å². The van der Waals surface area contributed by atoms with Crippen molar-refractivity contribution in [2.24, 2.45) is 56.7 Å². The van der Waals surface area contributed by atoms with E-state index in [1.165, 1.54) is 5.57 Å². The molecule has 2 unspecified atom stereocenters. The van der Waals surface area contributed by atoms with Crippen LogP contribution in [0.25, 0.3) is 0 Å². The fourth-order valence-corrected chi connectivity index (χ4v) is 15.2. The van der Waals surface area contributed by atoms with Gasteiger partial charge in [0, 0.05) is 12.0 Å². The second-order valence-corrected chi connectivity index (χ2v) is 21.4. The number of aliphatic hydroxyl groups is 6. The van der Waals surface area contributed by atoms with Gasteiger partial charge in [0.15, 0.2) is 12.6 Å². The van der Waals surface area contributed by atoms with Crippen LogP contribution >= 0.6 is 0 Å². The van der Waals surface area contributed by atoms with Gasteiger partial charge in [-0.2, -0.15) is 0 Å². The molecule has 2 heterocycles. The minimum absolute atomic E-state index is 0.0158. The lowest BCUT2D eigenvalue weighted by Crippen LogP contribution is -2.68. The number of hydrogen-bond acceptors (Lipinski definition) is 11. The average molecular weight is 840 g/mol. The predicted octanol–water partition coefficient (Wildman–Crippen LogP) is 4.61. The number of aliphatic hydroxyl groups excluding tert-OH is 6.